The number of hydrogen-bond donors (Lipinski definition) is 1. The third kappa shape index (κ3) is 2.56. The van der Waals surface area contributed by atoms with Gasteiger partial charge in [-0.05, 0) is 59.0 Å². The second kappa shape index (κ2) is 5.19. The molecule has 0 radical (unpaired) electrons. The zero-order valence-electron chi connectivity index (χ0n) is 9.62. The molecule has 3 rings (SSSR count). The van der Waals surface area contributed by atoms with Crippen LogP contribution in [-0.4, -0.2) is 4.98 Å². The third-order valence-corrected chi connectivity index (χ3v) is 5.07. The largest absolute Gasteiger partial charge is 0.378 e. The fraction of sp³-hybridized carbons (Fsp3) is 0.308. The molecular formula is C13H12BrClN2S. The van der Waals surface area contributed by atoms with Gasteiger partial charge in [0, 0.05) is 16.8 Å². The molecule has 2 aromatic heterocycles. The van der Waals surface area contributed by atoms with Gasteiger partial charge in [-0.2, -0.15) is 0 Å². The van der Waals surface area contributed by atoms with Gasteiger partial charge < -0.3 is 5.32 Å². The molecule has 2 heterocycles. The fourth-order valence-corrected chi connectivity index (χ4v) is 4.36. The number of pyridine rings is 1. The summed E-state index contributed by atoms with van der Waals surface area (Å²) in [4.78, 5) is 5.49. The van der Waals surface area contributed by atoms with Gasteiger partial charge in [-0.3, -0.25) is 0 Å². The predicted octanol–water partition coefficient (Wildman–Crippen LogP) is 5.05. The van der Waals surface area contributed by atoms with Crippen molar-refractivity contribution >= 4 is 44.6 Å². The first-order valence-electron chi connectivity index (χ1n) is 5.88. The van der Waals surface area contributed by atoms with Crippen LogP contribution in [0.5, 0.6) is 0 Å². The maximum atomic E-state index is 5.91. The highest BCUT2D eigenvalue weighted by Gasteiger charge is 2.22. The summed E-state index contributed by atoms with van der Waals surface area (Å²) in [6.45, 7) is 0. The molecule has 0 fully saturated rings. The molecule has 1 aliphatic carbocycles. The number of rotatable bonds is 2. The molecular weight excluding hydrogens is 332 g/mol. The van der Waals surface area contributed by atoms with Crippen molar-refractivity contribution in [3.05, 3.63) is 43.8 Å². The SMILES string of the molecule is Clc1cc(NC2CCCc3sc(Br)cc32)ccn1. The Labute approximate surface area is 124 Å². The summed E-state index contributed by atoms with van der Waals surface area (Å²) >= 11 is 11.3. The number of nitrogens with zero attached hydrogens (tertiary/aromatic N) is 1. The fourth-order valence-electron chi connectivity index (χ4n) is 2.36. The first-order valence-corrected chi connectivity index (χ1v) is 7.87. The molecule has 94 valence electrons. The lowest BCUT2D eigenvalue weighted by Gasteiger charge is -2.24. The highest BCUT2D eigenvalue weighted by atomic mass is 79.9. The number of aryl methyl sites for hydroxylation is 1. The first-order chi connectivity index (χ1) is 8.72. The molecule has 2 nitrogen and oxygen atoms in total. The Kier molecular flexibility index (Phi) is 3.59. The summed E-state index contributed by atoms with van der Waals surface area (Å²) in [7, 11) is 0. The van der Waals surface area contributed by atoms with Gasteiger partial charge in [-0.25, -0.2) is 4.98 Å². The molecule has 0 saturated heterocycles. The van der Waals surface area contributed by atoms with Crippen LogP contribution >= 0.6 is 38.9 Å². The zero-order chi connectivity index (χ0) is 12.5. The summed E-state index contributed by atoms with van der Waals surface area (Å²) in [6.07, 6.45) is 5.32. The lowest BCUT2D eigenvalue weighted by Crippen LogP contribution is -2.15. The minimum atomic E-state index is 0.384. The van der Waals surface area contributed by atoms with Gasteiger partial charge in [0.25, 0.3) is 0 Å². The van der Waals surface area contributed by atoms with Gasteiger partial charge in [0.05, 0.1) is 9.83 Å². The van der Waals surface area contributed by atoms with E-state index in [0.29, 0.717) is 11.2 Å². The number of nitrogens with one attached hydrogen (secondary N) is 1. The average molecular weight is 344 g/mol. The van der Waals surface area contributed by atoms with Crippen molar-refractivity contribution in [1.82, 2.24) is 4.98 Å². The van der Waals surface area contributed by atoms with Crippen molar-refractivity contribution < 1.29 is 0 Å². The number of halogens is 2. The van der Waals surface area contributed by atoms with E-state index in [4.69, 9.17) is 11.6 Å². The van der Waals surface area contributed by atoms with E-state index in [2.05, 4.69) is 32.3 Å². The monoisotopic (exact) mass is 342 g/mol. The maximum Gasteiger partial charge on any atom is 0.131 e. The molecule has 0 aliphatic heterocycles. The quantitative estimate of drug-likeness (QED) is 0.772. The number of aromatic nitrogens is 1. The van der Waals surface area contributed by atoms with Crippen LogP contribution in [0.1, 0.15) is 29.3 Å². The van der Waals surface area contributed by atoms with Crippen molar-refractivity contribution in [2.75, 3.05) is 5.32 Å². The molecule has 2 aromatic rings. The Morgan fingerprint density at radius 3 is 3.17 bits per heavy atom. The number of fused-ring (bicyclic) bond motifs is 1. The normalized spacial score (nSPS) is 18.4. The second-order valence-corrected chi connectivity index (χ2v) is 7.29. The third-order valence-electron chi connectivity index (χ3n) is 3.15. The highest BCUT2D eigenvalue weighted by Crippen LogP contribution is 2.39. The molecule has 0 aromatic carbocycles. The van der Waals surface area contributed by atoms with Crippen molar-refractivity contribution in [1.29, 1.82) is 0 Å². The summed E-state index contributed by atoms with van der Waals surface area (Å²) in [5.74, 6) is 0. The standard InChI is InChI=1S/C13H12BrClN2S/c14-12-7-9-10(2-1-3-11(9)18-12)17-8-4-5-16-13(15)6-8/h4-7,10H,1-3H2,(H,16,17). The number of anilines is 1. The lowest BCUT2D eigenvalue weighted by atomic mass is 9.94. The van der Waals surface area contributed by atoms with Crippen LogP contribution in [0.2, 0.25) is 5.15 Å². The van der Waals surface area contributed by atoms with Crippen LogP contribution in [0.4, 0.5) is 5.69 Å². The van der Waals surface area contributed by atoms with Gasteiger partial charge in [0.2, 0.25) is 0 Å². The molecule has 1 unspecified atom stereocenters. The molecule has 1 aliphatic rings. The maximum absolute atomic E-state index is 5.91. The average Bonchev–Trinajstić information content (AvgIpc) is 2.71. The van der Waals surface area contributed by atoms with Gasteiger partial charge in [-0.15, -0.1) is 11.3 Å². The van der Waals surface area contributed by atoms with Crippen LogP contribution in [0.15, 0.2) is 28.2 Å². The zero-order valence-corrected chi connectivity index (χ0v) is 12.8. The molecule has 5 heteroatoms. The van der Waals surface area contributed by atoms with Gasteiger partial charge in [0.1, 0.15) is 5.15 Å². The van der Waals surface area contributed by atoms with Gasteiger partial charge in [-0.1, -0.05) is 11.6 Å². The van der Waals surface area contributed by atoms with E-state index in [1.807, 2.05) is 23.5 Å². The molecule has 0 amide bonds. The number of thiophene rings is 1. The minimum Gasteiger partial charge on any atom is -0.378 e. The van der Waals surface area contributed by atoms with E-state index < -0.39 is 0 Å². The predicted molar refractivity (Wildman–Crippen MR) is 80.6 cm³/mol. The number of hydrogen-bond acceptors (Lipinski definition) is 3. The van der Waals surface area contributed by atoms with Crippen LogP contribution < -0.4 is 5.32 Å². The van der Waals surface area contributed by atoms with E-state index in [1.54, 1.807) is 6.20 Å². The Balaban J connectivity index is 1.86. The van der Waals surface area contributed by atoms with Gasteiger partial charge in [0.15, 0.2) is 0 Å². The van der Waals surface area contributed by atoms with E-state index in [9.17, 15) is 0 Å². The highest BCUT2D eigenvalue weighted by molar-refractivity contribution is 9.11. The van der Waals surface area contributed by atoms with E-state index >= 15 is 0 Å². The van der Waals surface area contributed by atoms with Crippen molar-refractivity contribution in [3.63, 3.8) is 0 Å². The lowest BCUT2D eigenvalue weighted by molar-refractivity contribution is 0.608. The van der Waals surface area contributed by atoms with Crippen molar-refractivity contribution in [2.24, 2.45) is 0 Å². The Bertz CT molecular complexity index is 570. The summed E-state index contributed by atoms with van der Waals surface area (Å²) in [6, 6.07) is 6.45. The van der Waals surface area contributed by atoms with Gasteiger partial charge >= 0.3 is 0 Å². The summed E-state index contributed by atoms with van der Waals surface area (Å²) < 4.78 is 1.22. The second-order valence-electron chi connectivity index (χ2n) is 4.39. The van der Waals surface area contributed by atoms with Crippen LogP contribution in [0.3, 0.4) is 0 Å². The Morgan fingerprint density at radius 1 is 1.44 bits per heavy atom. The van der Waals surface area contributed by atoms with E-state index in [-0.39, 0.29) is 0 Å². The smallest absolute Gasteiger partial charge is 0.131 e. The van der Waals surface area contributed by atoms with Crippen molar-refractivity contribution in [2.45, 2.75) is 25.3 Å². The molecule has 1 N–H and O–H groups in total. The van der Waals surface area contributed by atoms with E-state index in [0.717, 1.165) is 12.1 Å². The van der Waals surface area contributed by atoms with E-state index in [1.165, 1.54) is 27.1 Å². The first kappa shape index (κ1) is 12.5. The topological polar surface area (TPSA) is 24.9 Å². The summed E-state index contributed by atoms with van der Waals surface area (Å²) in [5.41, 5.74) is 2.46. The molecule has 0 saturated carbocycles. The van der Waals surface area contributed by atoms with Crippen LogP contribution in [0.25, 0.3) is 0 Å². The Hall–Kier alpha value is -0.580. The molecule has 0 spiro atoms. The summed E-state index contributed by atoms with van der Waals surface area (Å²) in [5, 5.41) is 4.08. The van der Waals surface area contributed by atoms with Crippen LogP contribution in [-0.2, 0) is 6.42 Å². The van der Waals surface area contributed by atoms with Crippen LogP contribution in [0, 0.1) is 0 Å². The molecule has 1 atom stereocenters. The minimum absolute atomic E-state index is 0.384. The Morgan fingerprint density at radius 2 is 2.33 bits per heavy atom. The van der Waals surface area contributed by atoms with Crippen molar-refractivity contribution in [3.8, 4) is 0 Å². The molecule has 0 bridgehead atoms. The molecule has 18 heavy (non-hydrogen) atoms.